The van der Waals surface area contributed by atoms with Gasteiger partial charge in [0.05, 0.1) is 19.4 Å². The quantitative estimate of drug-likeness (QED) is 0.541. The van der Waals surface area contributed by atoms with Gasteiger partial charge in [-0.3, -0.25) is 0 Å². The Labute approximate surface area is 136 Å². The third-order valence-electron chi connectivity index (χ3n) is 3.26. The molecule has 0 aromatic heterocycles. The first-order chi connectivity index (χ1) is 11.3. The molecule has 5 nitrogen and oxygen atoms in total. The lowest BCUT2D eigenvalue weighted by molar-refractivity contribution is 0.266. The Kier molecular flexibility index (Phi) is 7.07. The van der Waals surface area contributed by atoms with Crippen LogP contribution in [0.15, 0.2) is 58.8 Å². The Balaban J connectivity index is 2.06. The van der Waals surface area contributed by atoms with E-state index in [4.69, 9.17) is 14.6 Å². The zero-order valence-corrected chi connectivity index (χ0v) is 13.3. The highest BCUT2D eigenvalue weighted by Gasteiger charge is 2.06. The molecule has 122 valence electrons. The lowest BCUT2D eigenvalue weighted by Crippen LogP contribution is -1.98. The molecule has 2 rings (SSSR count). The highest BCUT2D eigenvalue weighted by Crippen LogP contribution is 2.33. The number of azo groups is 1. The number of benzene rings is 2. The highest BCUT2D eigenvalue weighted by atomic mass is 16.5. The van der Waals surface area contributed by atoms with Crippen molar-refractivity contribution in [2.45, 2.75) is 19.3 Å². The van der Waals surface area contributed by atoms with Gasteiger partial charge in [-0.25, -0.2) is 0 Å². The number of ether oxygens (including phenoxy) is 2. The molecule has 2 aromatic carbocycles. The topological polar surface area (TPSA) is 63.4 Å². The van der Waals surface area contributed by atoms with E-state index in [-0.39, 0.29) is 6.61 Å². The van der Waals surface area contributed by atoms with Gasteiger partial charge in [-0.2, -0.15) is 5.11 Å². The summed E-state index contributed by atoms with van der Waals surface area (Å²) in [5.74, 6) is 1.36. The second-order valence-electron chi connectivity index (χ2n) is 5.00. The predicted octanol–water partition coefficient (Wildman–Crippen LogP) is 4.65. The van der Waals surface area contributed by atoms with E-state index in [1.54, 1.807) is 7.11 Å². The van der Waals surface area contributed by atoms with Crippen LogP contribution in [0.3, 0.4) is 0 Å². The van der Waals surface area contributed by atoms with Crippen molar-refractivity contribution < 1.29 is 14.6 Å². The van der Waals surface area contributed by atoms with Crippen LogP contribution < -0.4 is 9.47 Å². The maximum Gasteiger partial charge on any atom is 0.150 e. The number of hydrogen-bond acceptors (Lipinski definition) is 5. The van der Waals surface area contributed by atoms with Crippen molar-refractivity contribution in [3.05, 3.63) is 48.5 Å². The van der Waals surface area contributed by atoms with Gasteiger partial charge >= 0.3 is 0 Å². The molecule has 0 spiro atoms. The molecular formula is C18H22N2O3. The molecule has 5 heteroatoms. The van der Waals surface area contributed by atoms with Crippen LogP contribution in [0, 0.1) is 0 Å². The van der Waals surface area contributed by atoms with E-state index in [1.807, 2.05) is 48.5 Å². The lowest BCUT2D eigenvalue weighted by Gasteiger charge is -2.10. The summed E-state index contributed by atoms with van der Waals surface area (Å²) in [4.78, 5) is 0. The van der Waals surface area contributed by atoms with E-state index in [1.165, 1.54) is 0 Å². The molecule has 23 heavy (non-hydrogen) atoms. The van der Waals surface area contributed by atoms with Crippen LogP contribution >= 0.6 is 0 Å². The standard InChI is InChI=1S/C18H22N2O3/c1-22-16-10-11-17(20-19-15-8-4-2-5-9-15)18(14-16)23-13-7-3-6-12-21/h2,4-5,8-11,14,21H,3,6-7,12-13H2,1H3. The third-order valence-corrected chi connectivity index (χ3v) is 3.26. The van der Waals surface area contributed by atoms with E-state index >= 15 is 0 Å². The third kappa shape index (κ3) is 5.71. The molecule has 0 aliphatic heterocycles. The van der Waals surface area contributed by atoms with Gasteiger partial charge < -0.3 is 14.6 Å². The van der Waals surface area contributed by atoms with Crippen LogP contribution in [0.1, 0.15) is 19.3 Å². The van der Waals surface area contributed by atoms with Crippen LogP contribution in [0.5, 0.6) is 11.5 Å². The van der Waals surface area contributed by atoms with Crippen molar-refractivity contribution in [1.82, 2.24) is 0 Å². The molecule has 2 aromatic rings. The summed E-state index contributed by atoms with van der Waals surface area (Å²) in [5, 5.41) is 17.3. The molecule has 0 aliphatic carbocycles. The maximum absolute atomic E-state index is 8.79. The summed E-state index contributed by atoms with van der Waals surface area (Å²) in [6.07, 6.45) is 2.61. The normalized spacial score (nSPS) is 10.9. The lowest BCUT2D eigenvalue weighted by atomic mass is 10.2. The van der Waals surface area contributed by atoms with Crippen LogP contribution in [0.2, 0.25) is 0 Å². The minimum absolute atomic E-state index is 0.218. The first-order valence-electron chi connectivity index (χ1n) is 7.72. The molecule has 0 bridgehead atoms. The van der Waals surface area contributed by atoms with Gasteiger partial charge in [0.1, 0.15) is 17.2 Å². The Bertz CT molecular complexity index is 615. The van der Waals surface area contributed by atoms with E-state index in [0.29, 0.717) is 23.8 Å². The second kappa shape index (κ2) is 9.58. The summed E-state index contributed by atoms with van der Waals surface area (Å²) in [7, 11) is 1.62. The van der Waals surface area contributed by atoms with Gasteiger partial charge in [0.2, 0.25) is 0 Å². The van der Waals surface area contributed by atoms with Crippen LogP contribution in [0.25, 0.3) is 0 Å². The van der Waals surface area contributed by atoms with Crippen LogP contribution in [0.4, 0.5) is 11.4 Å². The fraction of sp³-hybridized carbons (Fsp3) is 0.333. The molecule has 0 radical (unpaired) electrons. The Hall–Kier alpha value is -2.40. The Morgan fingerprint density at radius 1 is 0.957 bits per heavy atom. The van der Waals surface area contributed by atoms with Crippen molar-refractivity contribution in [2.24, 2.45) is 10.2 Å². The second-order valence-corrected chi connectivity index (χ2v) is 5.00. The Morgan fingerprint density at radius 3 is 2.52 bits per heavy atom. The summed E-state index contributed by atoms with van der Waals surface area (Å²) < 4.78 is 11.0. The smallest absolute Gasteiger partial charge is 0.150 e. The van der Waals surface area contributed by atoms with E-state index in [9.17, 15) is 0 Å². The van der Waals surface area contributed by atoms with Gasteiger partial charge in [-0.1, -0.05) is 18.2 Å². The molecule has 0 saturated heterocycles. The van der Waals surface area contributed by atoms with Crippen molar-refractivity contribution in [1.29, 1.82) is 0 Å². The summed E-state index contributed by atoms with van der Waals surface area (Å²) in [6, 6.07) is 15.0. The SMILES string of the molecule is COc1ccc(N=Nc2ccccc2)c(OCCCCCO)c1. The van der Waals surface area contributed by atoms with Crippen LogP contribution in [-0.2, 0) is 0 Å². The molecule has 1 N–H and O–H groups in total. The number of hydrogen-bond donors (Lipinski definition) is 1. The first kappa shape index (κ1) is 17.0. The number of aliphatic hydroxyl groups is 1. The number of nitrogens with zero attached hydrogens (tertiary/aromatic N) is 2. The number of aliphatic hydroxyl groups excluding tert-OH is 1. The monoisotopic (exact) mass is 314 g/mol. The van der Waals surface area contributed by atoms with E-state index in [2.05, 4.69) is 10.2 Å². The summed E-state index contributed by atoms with van der Waals surface area (Å²) >= 11 is 0. The van der Waals surface area contributed by atoms with E-state index < -0.39 is 0 Å². The number of unbranched alkanes of at least 4 members (excludes halogenated alkanes) is 2. The molecule has 0 unspecified atom stereocenters. The summed E-state index contributed by atoms with van der Waals surface area (Å²) in [5.41, 5.74) is 1.45. The van der Waals surface area contributed by atoms with Gasteiger partial charge in [-0.15, -0.1) is 5.11 Å². The van der Waals surface area contributed by atoms with Crippen molar-refractivity contribution >= 4 is 11.4 Å². The zero-order valence-electron chi connectivity index (χ0n) is 13.3. The highest BCUT2D eigenvalue weighted by molar-refractivity contribution is 5.55. The molecule has 0 atom stereocenters. The molecule has 0 heterocycles. The fourth-order valence-corrected chi connectivity index (χ4v) is 2.00. The average molecular weight is 314 g/mol. The van der Waals surface area contributed by atoms with Gasteiger partial charge in [0.25, 0.3) is 0 Å². The van der Waals surface area contributed by atoms with Crippen molar-refractivity contribution in [2.75, 3.05) is 20.3 Å². The molecule has 0 saturated carbocycles. The average Bonchev–Trinajstić information content (AvgIpc) is 2.61. The predicted molar refractivity (Wildman–Crippen MR) is 90.0 cm³/mol. The number of methoxy groups -OCH3 is 1. The van der Waals surface area contributed by atoms with Crippen molar-refractivity contribution in [3.8, 4) is 11.5 Å². The van der Waals surface area contributed by atoms with Crippen LogP contribution in [-0.4, -0.2) is 25.4 Å². The molecule has 0 amide bonds. The molecule has 0 fully saturated rings. The molecule has 0 aliphatic rings. The fourth-order valence-electron chi connectivity index (χ4n) is 2.00. The zero-order chi connectivity index (χ0) is 16.3. The van der Waals surface area contributed by atoms with E-state index in [0.717, 1.165) is 24.9 Å². The first-order valence-corrected chi connectivity index (χ1v) is 7.72. The summed E-state index contributed by atoms with van der Waals surface area (Å²) in [6.45, 7) is 0.788. The number of rotatable bonds is 9. The minimum Gasteiger partial charge on any atom is -0.497 e. The minimum atomic E-state index is 0.218. The van der Waals surface area contributed by atoms with Gasteiger partial charge in [-0.05, 0) is 43.5 Å². The molecular weight excluding hydrogens is 292 g/mol. The maximum atomic E-state index is 8.79. The van der Waals surface area contributed by atoms with Crippen molar-refractivity contribution in [3.63, 3.8) is 0 Å². The van der Waals surface area contributed by atoms with Gasteiger partial charge in [0.15, 0.2) is 0 Å². The van der Waals surface area contributed by atoms with Gasteiger partial charge in [0, 0.05) is 12.7 Å². The largest absolute Gasteiger partial charge is 0.497 e. The Morgan fingerprint density at radius 2 is 1.78 bits per heavy atom.